The molecule has 15 heavy (non-hydrogen) atoms. The van der Waals surface area contributed by atoms with Crippen molar-refractivity contribution in [3.05, 3.63) is 0 Å². The molecule has 4 nitrogen and oxygen atoms in total. The van der Waals surface area contributed by atoms with E-state index in [2.05, 4.69) is 5.32 Å². The van der Waals surface area contributed by atoms with E-state index in [-0.39, 0.29) is 11.9 Å². The molecule has 0 aliphatic carbocycles. The quantitative estimate of drug-likeness (QED) is 0.494. The monoisotopic (exact) mass is 215 g/mol. The predicted molar refractivity (Wildman–Crippen MR) is 58.4 cm³/mol. The fraction of sp³-hybridized carbons (Fsp3) is 0.818. The van der Waals surface area contributed by atoms with Crippen LogP contribution in [0.4, 0.5) is 0 Å². The molecule has 0 aromatic carbocycles. The molecule has 0 saturated carbocycles. The average Bonchev–Trinajstić information content (AvgIpc) is 2.16. The molecular weight excluding hydrogens is 194 g/mol. The van der Waals surface area contributed by atoms with Crippen LogP contribution in [0.5, 0.6) is 0 Å². The lowest BCUT2D eigenvalue weighted by Crippen LogP contribution is -2.20. The third-order valence-electron chi connectivity index (χ3n) is 1.99. The van der Waals surface area contributed by atoms with Crippen LogP contribution >= 0.6 is 0 Å². The van der Waals surface area contributed by atoms with E-state index in [1.165, 1.54) is 6.92 Å². The van der Waals surface area contributed by atoms with E-state index in [0.717, 1.165) is 32.2 Å². The maximum absolute atomic E-state index is 10.9. The summed E-state index contributed by atoms with van der Waals surface area (Å²) < 4.78 is 4.81. The number of nitrogens with one attached hydrogen (secondary N) is 1. The van der Waals surface area contributed by atoms with Crippen molar-refractivity contribution in [1.82, 2.24) is 5.32 Å². The zero-order valence-electron chi connectivity index (χ0n) is 9.67. The molecule has 1 N–H and O–H groups in total. The highest BCUT2D eigenvalue weighted by Gasteiger charge is 2.00. The number of carbonyl (C=O) groups excluding carboxylic acids is 2. The Morgan fingerprint density at radius 3 is 2.40 bits per heavy atom. The van der Waals surface area contributed by atoms with Crippen LogP contribution in [0.3, 0.4) is 0 Å². The molecule has 0 spiro atoms. The van der Waals surface area contributed by atoms with E-state index >= 15 is 0 Å². The summed E-state index contributed by atoms with van der Waals surface area (Å²) in [4.78, 5) is 21.5. The average molecular weight is 215 g/mol. The Hall–Kier alpha value is -1.06. The van der Waals surface area contributed by atoms with Gasteiger partial charge in [0.15, 0.2) is 0 Å². The minimum absolute atomic E-state index is 0.0153. The molecule has 0 aliphatic heterocycles. The van der Waals surface area contributed by atoms with Gasteiger partial charge < -0.3 is 10.1 Å². The maximum Gasteiger partial charge on any atom is 0.305 e. The number of amides is 1. The van der Waals surface area contributed by atoms with Gasteiger partial charge in [0, 0.05) is 19.9 Å². The van der Waals surface area contributed by atoms with E-state index in [9.17, 15) is 9.59 Å². The Bertz CT molecular complexity index is 192. The van der Waals surface area contributed by atoms with Crippen molar-refractivity contribution < 1.29 is 14.3 Å². The summed E-state index contributed by atoms with van der Waals surface area (Å²) in [5.41, 5.74) is 0. The zero-order chi connectivity index (χ0) is 11.5. The molecule has 0 atom stereocenters. The molecule has 4 heteroatoms. The molecule has 0 aromatic heterocycles. The first-order valence-corrected chi connectivity index (χ1v) is 5.57. The predicted octanol–water partition coefficient (Wildman–Crippen LogP) is 1.64. The highest BCUT2D eigenvalue weighted by molar-refractivity contribution is 5.72. The van der Waals surface area contributed by atoms with Crippen molar-refractivity contribution in [1.29, 1.82) is 0 Å². The summed E-state index contributed by atoms with van der Waals surface area (Å²) in [5, 5.41) is 2.73. The lowest BCUT2D eigenvalue weighted by molar-refractivity contribution is -0.143. The second-order valence-corrected chi connectivity index (χ2v) is 3.45. The van der Waals surface area contributed by atoms with Crippen LogP contribution in [0.2, 0.25) is 0 Å². The summed E-state index contributed by atoms with van der Waals surface area (Å²) in [6, 6.07) is 0. The minimum Gasteiger partial charge on any atom is -0.466 e. The standard InChI is InChI=1S/C11H21NO3/c1-3-15-11(14)8-6-4-5-7-9-12-10(2)13/h3-9H2,1-2H3,(H,12,13). The number of hydrogen-bond acceptors (Lipinski definition) is 3. The third kappa shape index (κ3) is 10.9. The first-order chi connectivity index (χ1) is 7.16. The number of esters is 1. The molecule has 0 heterocycles. The van der Waals surface area contributed by atoms with Gasteiger partial charge in [0.05, 0.1) is 6.61 Å². The van der Waals surface area contributed by atoms with E-state index in [1.807, 2.05) is 6.92 Å². The van der Waals surface area contributed by atoms with Gasteiger partial charge in [0.2, 0.25) is 5.91 Å². The molecule has 0 radical (unpaired) electrons. The van der Waals surface area contributed by atoms with Crippen LogP contribution in [-0.2, 0) is 14.3 Å². The second-order valence-electron chi connectivity index (χ2n) is 3.45. The van der Waals surface area contributed by atoms with Gasteiger partial charge in [-0.05, 0) is 19.8 Å². The van der Waals surface area contributed by atoms with Crippen LogP contribution in [-0.4, -0.2) is 25.0 Å². The molecule has 88 valence electrons. The van der Waals surface area contributed by atoms with E-state index in [4.69, 9.17) is 4.74 Å². The number of rotatable bonds is 8. The fourth-order valence-electron chi connectivity index (χ4n) is 1.25. The molecular formula is C11H21NO3. The Kier molecular flexibility index (Phi) is 8.82. The molecule has 1 amide bonds. The Morgan fingerprint density at radius 1 is 1.13 bits per heavy atom. The summed E-state index contributed by atoms with van der Waals surface area (Å²) in [5.74, 6) is -0.0964. The maximum atomic E-state index is 10.9. The van der Waals surface area contributed by atoms with Crippen molar-refractivity contribution in [2.75, 3.05) is 13.2 Å². The first-order valence-electron chi connectivity index (χ1n) is 5.57. The van der Waals surface area contributed by atoms with Gasteiger partial charge in [-0.1, -0.05) is 12.8 Å². The van der Waals surface area contributed by atoms with Crippen LogP contribution in [0, 0.1) is 0 Å². The molecule has 0 saturated heterocycles. The summed E-state index contributed by atoms with van der Waals surface area (Å²) in [6.45, 7) is 4.52. The second kappa shape index (κ2) is 9.49. The lowest BCUT2D eigenvalue weighted by Gasteiger charge is -2.02. The molecule has 0 rings (SSSR count). The topological polar surface area (TPSA) is 55.4 Å². The van der Waals surface area contributed by atoms with E-state index in [1.54, 1.807) is 0 Å². The van der Waals surface area contributed by atoms with Crippen molar-refractivity contribution in [2.24, 2.45) is 0 Å². The normalized spacial score (nSPS) is 9.73. The van der Waals surface area contributed by atoms with Crippen LogP contribution in [0.1, 0.15) is 46.0 Å². The van der Waals surface area contributed by atoms with Crippen LogP contribution < -0.4 is 5.32 Å². The van der Waals surface area contributed by atoms with Crippen molar-refractivity contribution in [3.8, 4) is 0 Å². The summed E-state index contributed by atoms with van der Waals surface area (Å²) >= 11 is 0. The Morgan fingerprint density at radius 2 is 1.80 bits per heavy atom. The van der Waals surface area contributed by atoms with Gasteiger partial charge in [-0.15, -0.1) is 0 Å². The van der Waals surface area contributed by atoms with Gasteiger partial charge in [-0.2, -0.15) is 0 Å². The Balaban J connectivity index is 3.11. The smallest absolute Gasteiger partial charge is 0.305 e. The number of ether oxygens (including phenoxy) is 1. The van der Waals surface area contributed by atoms with Crippen molar-refractivity contribution in [2.45, 2.75) is 46.0 Å². The SMILES string of the molecule is CCOC(=O)CCCCCCNC(C)=O. The summed E-state index contributed by atoms with van der Waals surface area (Å²) in [7, 11) is 0. The number of carbonyl (C=O) groups is 2. The first kappa shape index (κ1) is 13.9. The molecule has 0 unspecified atom stereocenters. The van der Waals surface area contributed by atoms with Crippen LogP contribution in [0.25, 0.3) is 0 Å². The highest BCUT2D eigenvalue weighted by atomic mass is 16.5. The van der Waals surface area contributed by atoms with Gasteiger partial charge in [-0.3, -0.25) is 9.59 Å². The fourth-order valence-corrected chi connectivity index (χ4v) is 1.25. The lowest BCUT2D eigenvalue weighted by atomic mass is 10.1. The zero-order valence-corrected chi connectivity index (χ0v) is 9.67. The van der Waals surface area contributed by atoms with Crippen LogP contribution in [0.15, 0.2) is 0 Å². The molecule has 0 fully saturated rings. The highest BCUT2D eigenvalue weighted by Crippen LogP contribution is 2.03. The van der Waals surface area contributed by atoms with E-state index in [0.29, 0.717) is 13.0 Å². The third-order valence-corrected chi connectivity index (χ3v) is 1.99. The minimum atomic E-state index is -0.112. The van der Waals surface area contributed by atoms with Gasteiger partial charge in [0.1, 0.15) is 0 Å². The van der Waals surface area contributed by atoms with Gasteiger partial charge in [-0.25, -0.2) is 0 Å². The van der Waals surface area contributed by atoms with Crippen molar-refractivity contribution in [3.63, 3.8) is 0 Å². The molecule has 0 bridgehead atoms. The number of unbranched alkanes of at least 4 members (excludes halogenated alkanes) is 3. The summed E-state index contributed by atoms with van der Waals surface area (Å²) in [6.07, 6.45) is 4.41. The molecule has 0 aliphatic rings. The van der Waals surface area contributed by atoms with E-state index < -0.39 is 0 Å². The van der Waals surface area contributed by atoms with Gasteiger partial charge >= 0.3 is 5.97 Å². The number of hydrogen-bond donors (Lipinski definition) is 1. The largest absolute Gasteiger partial charge is 0.466 e. The van der Waals surface area contributed by atoms with Crippen molar-refractivity contribution >= 4 is 11.9 Å². The van der Waals surface area contributed by atoms with Gasteiger partial charge in [0.25, 0.3) is 0 Å². The Labute approximate surface area is 91.4 Å². The molecule has 0 aromatic rings.